The SMILES string of the molecule is CC(C)N1CCC[C@H]1CNS(=O)(=O)CCC(=O)O. The van der Waals surface area contributed by atoms with E-state index in [1.165, 1.54) is 0 Å². The second kappa shape index (κ2) is 6.49. The molecule has 1 aliphatic heterocycles. The summed E-state index contributed by atoms with van der Waals surface area (Å²) in [5.41, 5.74) is 0. The Morgan fingerprint density at radius 2 is 2.17 bits per heavy atom. The van der Waals surface area contributed by atoms with Crippen LogP contribution in [-0.2, 0) is 14.8 Å². The van der Waals surface area contributed by atoms with Crippen LogP contribution in [0, 0.1) is 0 Å². The van der Waals surface area contributed by atoms with Gasteiger partial charge in [0.15, 0.2) is 0 Å². The molecule has 0 amide bonds. The number of carboxylic acid groups (broad SMARTS) is 1. The maximum atomic E-state index is 11.6. The van der Waals surface area contributed by atoms with Crippen LogP contribution in [0.25, 0.3) is 0 Å². The van der Waals surface area contributed by atoms with E-state index in [1.807, 2.05) is 0 Å². The van der Waals surface area contributed by atoms with E-state index < -0.39 is 16.0 Å². The van der Waals surface area contributed by atoms with Gasteiger partial charge >= 0.3 is 5.97 Å². The van der Waals surface area contributed by atoms with Crippen LogP contribution >= 0.6 is 0 Å². The molecule has 0 aromatic rings. The summed E-state index contributed by atoms with van der Waals surface area (Å²) in [6.07, 6.45) is 1.72. The summed E-state index contributed by atoms with van der Waals surface area (Å²) in [6.45, 7) is 5.56. The molecule has 1 fully saturated rings. The summed E-state index contributed by atoms with van der Waals surface area (Å²) >= 11 is 0. The standard InChI is InChI=1S/C11H22N2O4S/c1-9(2)13-6-3-4-10(13)8-12-18(16,17)7-5-11(14)15/h9-10,12H,3-8H2,1-2H3,(H,14,15)/t10-/m0/s1. The zero-order valence-electron chi connectivity index (χ0n) is 10.9. The Morgan fingerprint density at radius 1 is 1.50 bits per heavy atom. The van der Waals surface area contributed by atoms with Crippen LogP contribution in [0.1, 0.15) is 33.1 Å². The first-order valence-corrected chi connectivity index (χ1v) is 7.92. The first kappa shape index (κ1) is 15.4. The first-order valence-electron chi connectivity index (χ1n) is 6.26. The predicted molar refractivity (Wildman–Crippen MR) is 68.9 cm³/mol. The lowest BCUT2D eigenvalue weighted by Crippen LogP contribution is -2.43. The Labute approximate surface area is 108 Å². The fourth-order valence-corrected chi connectivity index (χ4v) is 3.31. The molecular formula is C11H22N2O4S. The number of hydrogen-bond donors (Lipinski definition) is 2. The third kappa shape index (κ3) is 4.91. The summed E-state index contributed by atoms with van der Waals surface area (Å²) < 4.78 is 25.7. The molecule has 1 atom stereocenters. The lowest BCUT2D eigenvalue weighted by atomic mass is 10.2. The van der Waals surface area contributed by atoms with Gasteiger partial charge in [-0.1, -0.05) is 0 Å². The van der Waals surface area contributed by atoms with Gasteiger partial charge in [-0.2, -0.15) is 0 Å². The second-order valence-corrected chi connectivity index (χ2v) is 6.87. The molecule has 1 rings (SSSR count). The van der Waals surface area contributed by atoms with Gasteiger partial charge in [0.2, 0.25) is 10.0 Å². The average Bonchev–Trinajstić information content (AvgIpc) is 2.72. The Bertz CT molecular complexity index is 381. The van der Waals surface area contributed by atoms with E-state index in [-0.39, 0.29) is 18.2 Å². The highest BCUT2D eigenvalue weighted by atomic mass is 32.2. The largest absolute Gasteiger partial charge is 0.481 e. The molecule has 0 spiro atoms. The molecule has 0 radical (unpaired) electrons. The third-order valence-electron chi connectivity index (χ3n) is 3.21. The normalized spacial score (nSPS) is 21.6. The van der Waals surface area contributed by atoms with Crippen molar-refractivity contribution in [1.82, 2.24) is 9.62 Å². The van der Waals surface area contributed by atoms with Crippen molar-refractivity contribution in [2.75, 3.05) is 18.8 Å². The molecule has 18 heavy (non-hydrogen) atoms. The highest BCUT2D eigenvalue weighted by molar-refractivity contribution is 7.89. The van der Waals surface area contributed by atoms with Gasteiger partial charge in [-0.05, 0) is 33.2 Å². The smallest absolute Gasteiger partial charge is 0.304 e. The average molecular weight is 278 g/mol. The van der Waals surface area contributed by atoms with Crippen LogP contribution < -0.4 is 4.72 Å². The zero-order chi connectivity index (χ0) is 13.8. The topological polar surface area (TPSA) is 86.7 Å². The Balaban J connectivity index is 2.42. The van der Waals surface area contributed by atoms with Crippen molar-refractivity contribution in [2.24, 2.45) is 0 Å². The van der Waals surface area contributed by atoms with Gasteiger partial charge in [-0.3, -0.25) is 9.69 Å². The number of rotatable bonds is 7. The van der Waals surface area contributed by atoms with E-state index >= 15 is 0 Å². The highest BCUT2D eigenvalue weighted by Crippen LogP contribution is 2.19. The first-order chi connectivity index (χ1) is 8.32. The molecule has 0 saturated carbocycles. The van der Waals surface area contributed by atoms with Crippen LogP contribution in [0.5, 0.6) is 0 Å². The van der Waals surface area contributed by atoms with Crippen molar-refractivity contribution in [3.63, 3.8) is 0 Å². The second-order valence-electron chi connectivity index (χ2n) is 4.94. The van der Waals surface area contributed by atoms with Gasteiger partial charge in [-0.25, -0.2) is 13.1 Å². The van der Waals surface area contributed by atoms with Crippen molar-refractivity contribution in [3.05, 3.63) is 0 Å². The molecule has 7 heteroatoms. The van der Waals surface area contributed by atoms with Crippen LogP contribution in [0.3, 0.4) is 0 Å². The molecule has 0 aromatic carbocycles. The van der Waals surface area contributed by atoms with Crippen LogP contribution in [0.4, 0.5) is 0 Å². The van der Waals surface area contributed by atoms with Crippen LogP contribution in [0.2, 0.25) is 0 Å². The summed E-state index contributed by atoms with van der Waals surface area (Å²) in [6, 6.07) is 0.630. The summed E-state index contributed by atoms with van der Waals surface area (Å²) in [5, 5.41) is 8.47. The number of aliphatic carboxylic acids is 1. The molecule has 0 bridgehead atoms. The van der Waals surface area contributed by atoms with Crippen LogP contribution in [0.15, 0.2) is 0 Å². The number of sulfonamides is 1. The fourth-order valence-electron chi connectivity index (χ4n) is 2.27. The summed E-state index contributed by atoms with van der Waals surface area (Å²) in [5.74, 6) is -1.44. The third-order valence-corrected chi connectivity index (χ3v) is 4.56. The molecule has 1 heterocycles. The number of likely N-dealkylation sites (tertiary alicyclic amines) is 1. The van der Waals surface area contributed by atoms with E-state index in [2.05, 4.69) is 23.5 Å². The molecule has 2 N–H and O–H groups in total. The molecule has 0 aromatic heterocycles. The Morgan fingerprint density at radius 3 is 2.72 bits per heavy atom. The van der Waals surface area contributed by atoms with Crippen molar-refractivity contribution < 1.29 is 18.3 Å². The van der Waals surface area contributed by atoms with Gasteiger partial charge in [0, 0.05) is 18.6 Å². The number of hydrogen-bond acceptors (Lipinski definition) is 4. The minimum atomic E-state index is -3.47. The van der Waals surface area contributed by atoms with Crippen molar-refractivity contribution in [3.8, 4) is 0 Å². The van der Waals surface area contributed by atoms with Gasteiger partial charge < -0.3 is 5.11 Å². The fraction of sp³-hybridized carbons (Fsp3) is 0.909. The summed E-state index contributed by atoms with van der Waals surface area (Å²) in [7, 11) is -3.47. The number of carboxylic acids is 1. The van der Waals surface area contributed by atoms with E-state index in [0.717, 1.165) is 19.4 Å². The van der Waals surface area contributed by atoms with Gasteiger partial charge in [0.05, 0.1) is 12.2 Å². The minimum absolute atomic E-state index is 0.226. The molecule has 6 nitrogen and oxygen atoms in total. The molecule has 1 aliphatic rings. The molecule has 0 unspecified atom stereocenters. The molecule has 1 saturated heterocycles. The lowest BCUT2D eigenvalue weighted by Gasteiger charge is -2.28. The number of nitrogens with one attached hydrogen (secondary N) is 1. The maximum Gasteiger partial charge on any atom is 0.304 e. The highest BCUT2D eigenvalue weighted by Gasteiger charge is 2.27. The van der Waals surface area contributed by atoms with E-state index in [1.54, 1.807) is 0 Å². The van der Waals surface area contributed by atoms with Crippen molar-refractivity contribution >= 4 is 16.0 Å². The van der Waals surface area contributed by atoms with E-state index in [4.69, 9.17) is 5.11 Å². The van der Waals surface area contributed by atoms with E-state index in [9.17, 15) is 13.2 Å². The summed E-state index contributed by atoms with van der Waals surface area (Å²) in [4.78, 5) is 12.6. The monoisotopic (exact) mass is 278 g/mol. The molecule has 106 valence electrons. The van der Waals surface area contributed by atoms with Crippen molar-refractivity contribution in [2.45, 2.75) is 45.2 Å². The predicted octanol–water partition coefficient (Wildman–Crippen LogP) is 0.253. The van der Waals surface area contributed by atoms with Gasteiger partial charge in [-0.15, -0.1) is 0 Å². The van der Waals surface area contributed by atoms with Gasteiger partial charge in [0.25, 0.3) is 0 Å². The number of nitrogens with zero attached hydrogens (tertiary/aromatic N) is 1. The number of carbonyl (C=O) groups is 1. The zero-order valence-corrected chi connectivity index (χ0v) is 11.7. The maximum absolute atomic E-state index is 11.6. The van der Waals surface area contributed by atoms with E-state index in [0.29, 0.717) is 12.6 Å². The van der Waals surface area contributed by atoms with Gasteiger partial charge in [0.1, 0.15) is 0 Å². The lowest BCUT2D eigenvalue weighted by molar-refractivity contribution is -0.136. The minimum Gasteiger partial charge on any atom is -0.481 e. The van der Waals surface area contributed by atoms with Crippen LogP contribution in [-0.4, -0.2) is 55.3 Å². The Hall–Kier alpha value is -0.660. The quantitative estimate of drug-likeness (QED) is 0.697. The van der Waals surface area contributed by atoms with Crippen molar-refractivity contribution in [1.29, 1.82) is 0 Å². The molecular weight excluding hydrogens is 256 g/mol. The molecule has 0 aliphatic carbocycles. The Kier molecular flexibility index (Phi) is 5.55.